The third-order valence-electron chi connectivity index (χ3n) is 5.50. The van der Waals surface area contributed by atoms with Crippen LogP contribution < -0.4 is 5.32 Å². The molecule has 2 heterocycles. The molecule has 1 saturated carbocycles. The zero-order valence-electron chi connectivity index (χ0n) is 14.8. The van der Waals surface area contributed by atoms with Crippen LogP contribution in [0.15, 0.2) is 28.8 Å². The molecule has 0 radical (unpaired) electrons. The first-order chi connectivity index (χ1) is 12.2. The normalized spacial score (nSPS) is 18.3. The molecule has 4 rings (SSSR count). The van der Waals surface area contributed by atoms with E-state index in [4.69, 9.17) is 4.52 Å². The smallest absolute Gasteiger partial charge is 0.290 e. The molecule has 0 atom stereocenters. The predicted octanol–water partition coefficient (Wildman–Crippen LogP) is 2.87. The lowest BCUT2D eigenvalue weighted by Crippen LogP contribution is -2.41. The monoisotopic (exact) mass is 339 g/mol. The molecule has 0 spiro atoms. The minimum Gasteiger partial charge on any atom is -0.351 e. The SMILES string of the molecule is Cc1cc(C(=O)NCc2ccc3c(c2)CCN(C2CCC2)CC3)on1. The van der Waals surface area contributed by atoms with Crippen molar-refractivity contribution in [2.24, 2.45) is 0 Å². The second-order valence-corrected chi connectivity index (χ2v) is 7.24. The maximum Gasteiger partial charge on any atom is 0.290 e. The fraction of sp³-hybridized carbons (Fsp3) is 0.500. The van der Waals surface area contributed by atoms with Gasteiger partial charge in [0.25, 0.3) is 5.91 Å². The third-order valence-corrected chi connectivity index (χ3v) is 5.50. The Kier molecular flexibility index (Phi) is 4.57. The molecule has 0 saturated heterocycles. The summed E-state index contributed by atoms with van der Waals surface area (Å²) in [4.78, 5) is 14.7. The van der Waals surface area contributed by atoms with E-state index >= 15 is 0 Å². The largest absolute Gasteiger partial charge is 0.351 e. The van der Waals surface area contributed by atoms with Gasteiger partial charge in [0, 0.05) is 31.7 Å². The summed E-state index contributed by atoms with van der Waals surface area (Å²) in [5.41, 5.74) is 4.75. The van der Waals surface area contributed by atoms with E-state index in [0.29, 0.717) is 12.2 Å². The van der Waals surface area contributed by atoms with E-state index in [1.807, 2.05) is 0 Å². The molecule has 1 aliphatic carbocycles. The molecular formula is C20H25N3O2. The quantitative estimate of drug-likeness (QED) is 0.930. The first-order valence-corrected chi connectivity index (χ1v) is 9.25. The first kappa shape index (κ1) is 16.3. The van der Waals surface area contributed by atoms with E-state index in [0.717, 1.165) is 31.0 Å². The highest BCUT2D eigenvalue weighted by atomic mass is 16.5. The molecule has 1 aliphatic heterocycles. The Hall–Kier alpha value is -2.14. The summed E-state index contributed by atoms with van der Waals surface area (Å²) in [5.74, 6) is 0.0510. The molecule has 2 aromatic rings. The number of rotatable bonds is 4. The first-order valence-electron chi connectivity index (χ1n) is 9.25. The molecule has 132 valence electrons. The van der Waals surface area contributed by atoms with Crippen molar-refractivity contribution in [3.63, 3.8) is 0 Å². The van der Waals surface area contributed by atoms with Gasteiger partial charge in [0.05, 0.1) is 5.69 Å². The highest BCUT2D eigenvalue weighted by molar-refractivity contribution is 5.91. The molecule has 2 aliphatic rings. The molecule has 5 heteroatoms. The van der Waals surface area contributed by atoms with Gasteiger partial charge in [0.15, 0.2) is 0 Å². The maximum atomic E-state index is 12.1. The lowest BCUT2D eigenvalue weighted by molar-refractivity contribution is 0.0914. The number of aryl methyl sites for hydroxylation is 1. The Morgan fingerprint density at radius 2 is 2.04 bits per heavy atom. The van der Waals surface area contributed by atoms with Crippen LogP contribution in [0.3, 0.4) is 0 Å². The number of amides is 1. The average Bonchev–Trinajstić information content (AvgIpc) is 2.90. The van der Waals surface area contributed by atoms with Crippen molar-refractivity contribution in [2.75, 3.05) is 13.1 Å². The summed E-state index contributed by atoms with van der Waals surface area (Å²) < 4.78 is 5.00. The summed E-state index contributed by atoms with van der Waals surface area (Å²) in [6.45, 7) is 4.65. The van der Waals surface area contributed by atoms with Gasteiger partial charge in [-0.3, -0.25) is 9.69 Å². The molecule has 25 heavy (non-hydrogen) atoms. The molecule has 5 nitrogen and oxygen atoms in total. The number of aromatic nitrogens is 1. The molecule has 1 fully saturated rings. The van der Waals surface area contributed by atoms with Crippen molar-refractivity contribution in [1.29, 1.82) is 0 Å². The lowest BCUT2D eigenvalue weighted by atomic mass is 9.91. The number of nitrogens with zero attached hydrogens (tertiary/aromatic N) is 2. The van der Waals surface area contributed by atoms with Crippen LogP contribution in [0.5, 0.6) is 0 Å². The van der Waals surface area contributed by atoms with Gasteiger partial charge >= 0.3 is 0 Å². The predicted molar refractivity (Wildman–Crippen MR) is 95.5 cm³/mol. The van der Waals surface area contributed by atoms with E-state index in [1.165, 1.54) is 36.9 Å². The summed E-state index contributed by atoms with van der Waals surface area (Å²) in [5, 5.41) is 6.67. The maximum absolute atomic E-state index is 12.1. The fourth-order valence-electron chi connectivity index (χ4n) is 3.76. The Bertz CT molecular complexity index is 764. The molecule has 1 amide bonds. The standard InChI is InChI=1S/C20H25N3O2/c1-14-11-19(25-22-14)20(24)21-13-15-5-6-16-7-9-23(18-3-2-4-18)10-8-17(16)12-15/h5-6,11-12,18H,2-4,7-10,13H2,1H3,(H,21,24). The zero-order chi connectivity index (χ0) is 17.2. The van der Waals surface area contributed by atoms with Crippen LogP contribution in [-0.2, 0) is 19.4 Å². The Morgan fingerprint density at radius 3 is 2.72 bits per heavy atom. The van der Waals surface area contributed by atoms with Gasteiger partial charge in [0.2, 0.25) is 5.76 Å². The Balaban J connectivity index is 1.38. The number of carbonyl (C=O) groups excluding carboxylic acids is 1. The molecule has 1 aromatic heterocycles. The Labute approximate surface area is 148 Å². The number of carbonyl (C=O) groups is 1. The molecule has 0 bridgehead atoms. The van der Waals surface area contributed by atoms with Crippen molar-refractivity contribution >= 4 is 5.91 Å². The van der Waals surface area contributed by atoms with Crippen molar-refractivity contribution < 1.29 is 9.32 Å². The van der Waals surface area contributed by atoms with E-state index < -0.39 is 0 Å². The Morgan fingerprint density at radius 1 is 1.24 bits per heavy atom. The van der Waals surface area contributed by atoms with Gasteiger partial charge in [-0.05, 0) is 49.3 Å². The van der Waals surface area contributed by atoms with Crippen LogP contribution in [0.25, 0.3) is 0 Å². The van der Waals surface area contributed by atoms with Gasteiger partial charge in [-0.1, -0.05) is 29.8 Å². The number of nitrogens with one attached hydrogen (secondary N) is 1. The average molecular weight is 339 g/mol. The van der Waals surface area contributed by atoms with Crippen LogP contribution in [0, 0.1) is 6.92 Å². The summed E-state index contributed by atoms with van der Waals surface area (Å²) in [6, 6.07) is 9.09. The molecule has 0 unspecified atom stereocenters. The second-order valence-electron chi connectivity index (χ2n) is 7.24. The lowest BCUT2D eigenvalue weighted by Gasteiger charge is -2.36. The van der Waals surface area contributed by atoms with Crippen LogP contribution in [0.2, 0.25) is 0 Å². The van der Waals surface area contributed by atoms with Gasteiger partial charge in [0.1, 0.15) is 0 Å². The molecular weight excluding hydrogens is 314 g/mol. The van der Waals surface area contributed by atoms with Crippen molar-refractivity contribution in [3.05, 3.63) is 52.4 Å². The highest BCUT2D eigenvalue weighted by Gasteiger charge is 2.26. The van der Waals surface area contributed by atoms with Crippen LogP contribution in [-0.4, -0.2) is 35.1 Å². The van der Waals surface area contributed by atoms with Crippen molar-refractivity contribution in [1.82, 2.24) is 15.4 Å². The number of fused-ring (bicyclic) bond motifs is 1. The van der Waals surface area contributed by atoms with Crippen molar-refractivity contribution in [3.8, 4) is 0 Å². The highest BCUT2D eigenvalue weighted by Crippen LogP contribution is 2.27. The van der Waals surface area contributed by atoms with Gasteiger partial charge in [-0.25, -0.2) is 0 Å². The number of benzene rings is 1. The van der Waals surface area contributed by atoms with E-state index in [1.54, 1.807) is 13.0 Å². The van der Waals surface area contributed by atoms with Crippen LogP contribution in [0.4, 0.5) is 0 Å². The molecule has 1 aromatic carbocycles. The third kappa shape index (κ3) is 3.61. The minimum absolute atomic E-state index is 0.216. The zero-order valence-corrected chi connectivity index (χ0v) is 14.8. The van der Waals surface area contributed by atoms with Gasteiger partial charge in [-0.2, -0.15) is 0 Å². The van der Waals surface area contributed by atoms with E-state index in [9.17, 15) is 4.79 Å². The summed E-state index contributed by atoms with van der Waals surface area (Å²) >= 11 is 0. The minimum atomic E-state index is -0.216. The summed E-state index contributed by atoms with van der Waals surface area (Å²) in [6.07, 6.45) is 6.37. The van der Waals surface area contributed by atoms with Crippen LogP contribution >= 0.6 is 0 Å². The fourth-order valence-corrected chi connectivity index (χ4v) is 3.76. The van der Waals surface area contributed by atoms with Crippen LogP contribution in [0.1, 0.15) is 52.2 Å². The van der Waals surface area contributed by atoms with Crippen molar-refractivity contribution in [2.45, 2.75) is 51.6 Å². The second kappa shape index (κ2) is 7.00. The number of hydrogen-bond acceptors (Lipinski definition) is 4. The number of hydrogen-bond donors (Lipinski definition) is 1. The van der Waals surface area contributed by atoms with Gasteiger partial charge in [-0.15, -0.1) is 0 Å². The topological polar surface area (TPSA) is 58.4 Å². The van der Waals surface area contributed by atoms with E-state index in [2.05, 4.69) is 33.6 Å². The van der Waals surface area contributed by atoms with Gasteiger partial charge < -0.3 is 9.84 Å². The summed E-state index contributed by atoms with van der Waals surface area (Å²) in [7, 11) is 0. The van der Waals surface area contributed by atoms with E-state index in [-0.39, 0.29) is 11.7 Å². The molecule has 1 N–H and O–H groups in total.